The highest BCUT2D eigenvalue weighted by Crippen LogP contribution is 2.46. The Balaban J connectivity index is 1.59. The number of thiophene rings is 1. The summed E-state index contributed by atoms with van der Waals surface area (Å²) >= 11 is 7.71. The number of hydrogen-bond acceptors (Lipinski definition) is 12. The van der Waals surface area contributed by atoms with Crippen LogP contribution < -0.4 is 21.1 Å². The van der Waals surface area contributed by atoms with Crippen molar-refractivity contribution >= 4 is 60.6 Å². The van der Waals surface area contributed by atoms with Gasteiger partial charge in [-0.3, -0.25) is 4.98 Å². The summed E-state index contributed by atoms with van der Waals surface area (Å²) in [6, 6.07) is 5.49. The average molecular weight is 652 g/mol. The number of benzene rings is 2. The number of halogens is 3. The van der Waals surface area contributed by atoms with Crippen molar-refractivity contribution < 1.29 is 18.3 Å². The van der Waals surface area contributed by atoms with E-state index in [1.807, 2.05) is 32.0 Å². The Hall–Kier alpha value is -4.42. The number of ether oxygens (including phenoxy) is 2. The molecule has 2 aromatic carbocycles. The average Bonchev–Trinajstić information content (AvgIpc) is 3.62. The van der Waals surface area contributed by atoms with Crippen LogP contribution in [0.3, 0.4) is 0 Å². The van der Waals surface area contributed by atoms with E-state index in [0.717, 1.165) is 11.3 Å². The van der Waals surface area contributed by atoms with Crippen LogP contribution in [0.4, 0.5) is 25.4 Å². The predicted molar refractivity (Wildman–Crippen MR) is 170 cm³/mol. The fraction of sp³-hybridized carbons (Fsp3) is 0.300. The van der Waals surface area contributed by atoms with Crippen LogP contribution in [0.2, 0.25) is 5.02 Å². The Morgan fingerprint density at radius 1 is 1.16 bits per heavy atom. The van der Waals surface area contributed by atoms with Crippen molar-refractivity contribution in [2.75, 3.05) is 50.7 Å². The number of nitrogens with zero attached hydrogens (tertiary/aromatic N) is 7. The third-order valence-corrected chi connectivity index (χ3v) is 9.35. The second-order valence-electron chi connectivity index (χ2n) is 10.9. The van der Waals surface area contributed by atoms with Gasteiger partial charge in [0.15, 0.2) is 5.82 Å². The molecule has 232 valence electrons. The highest BCUT2D eigenvalue weighted by molar-refractivity contribution is 7.23. The highest BCUT2D eigenvalue weighted by Gasteiger charge is 2.34. The van der Waals surface area contributed by atoms with Gasteiger partial charge in [-0.1, -0.05) is 17.7 Å². The molecule has 1 saturated heterocycles. The molecule has 0 saturated carbocycles. The van der Waals surface area contributed by atoms with E-state index in [-0.39, 0.29) is 65.6 Å². The predicted octanol–water partition coefficient (Wildman–Crippen LogP) is 5.17. The SMILES string of the molecule is C[C@H](c1nccnc1N)N(C)c1nc(O[C@@H]2COC[C@H]2N(C)C)nc2c(F)c(-c3ccc(F)c4sc(N)c(C#N)c34)c(Cl)cc12. The van der Waals surface area contributed by atoms with Crippen molar-refractivity contribution in [3.63, 3.8) is 0 Å². The Labute approximate surface area is 266 Å². The Kier molecular flexibility index (Phi) is 8.04. The van der Waals surface area contributed by atoms with Crippen molar-refractivity contribution in [3.8, 4) is 23.2 Å². The number of nitrogen functional groups attached to an aromatic ring is 2. The number of hydrogen-bond donors (Lipinski definition) is 2. The Morgan fingerprint density at radius 3 is 2.62 bits per heavy atom. The number of likely N-dealkylation sites (N-methyl/N-ethyl adjacent to an activating group) is 1. The maximum atomic E-state index is 16.9. The van der Waals surface area contributed by atoms with Gasteiger partial charge >= 0.3 is 6.01 Å². The van der Waals surface area contributed by atoms with Crippen molar-refractivity contribution in [2.45, 2.75) is 25.1 Å². The molecule has 11 nitrogen and oxygen atoms in total. The van der Waals surface area contributed by atoms with Crippen LogP contribution in [0.25, 0.3) is 32.1 Å². The van der Waals surface area contributed by atoms with E-state index < -0.39 is 23.8 Å². The monoisotopic (exact) mass is 651 g/mol. The zero-order chi connectivity index (χ0) is 32.2. The van der Waals surface area contributed by atoms with E-state index in [2.05, 4.69) is 15.0 Å². The molecule has 6 rings (SSSR count). The van der Waals surface area contributed by atoms with E-state index in [4.69, 9.17) is 37.5 Å². The van der Waals surface area contributed by atoms with Crippen LogP contribution in [-0.2, 0) is 4.74 Å². The van der Waals surface area contributed by atoms with Crippen LogP contribution in [0.1, 0.15) is 24.2 Å². The molecule has 3 aromatic heterocycles. The fourth-order valence-electron chi connectivity index (χ4n) is 5.54. The van der Waals surface area contributed by atoms with E-state index in [1.54, 1.807) is 11.9 Å². The second kappa shape index (κ2) is 11.8. The molecule has 1 aliphatic rings. The summed E-state index contributed by atoms with van der Waals surface area (Å²) in [5.74, 6) is -0.863. The molecule has 5 aromatic rings. The summed E-state index contributed by atoms with van der Waals surface area (Å²) in [7, 11) is 5.57. The molecular weight excluding hydrogens is 624 g/mol. The summed E-state index contributed by atoms with van der Waals surface area (Å²) in [5.41, 5.74) is 12.7. The summed E-state index contributed by atoms with van der Waals surface area (Å²) in [6.07, 6.45) is 2.59. The van der Waals surface area contributed by atoms with Gasteiger partial charge in [0.1, 0.15) is 45.8 Å². The van der Waals surface area contributed by atoms with Crippen LogP contribution in [-0.4, -0.2) is 71.3 Å². The Morgan fingerprint density at radius 2 is 1.91 bits per heavy atom. The third-order valence-electron chi connectivity index (χ3n) is 8.03. The molecule has 0 radical (unpaired) electrons. The molecule has 1 aliphatic heterocycles. The zero-order valence-electron chi connectivity index (χ0n) is 24.7. The lowest BCUT2D eigenvalue weighted by molar-refractivity contribution is 0.117. The molecule has 0 aliphatic carbocycles. The summed E-state index contributed by atoms with van der Waals surface area (Å²) in [5, 5.41) is 10.4. The first kappa shape index (κ1) is 30.6. The number of aromatic nitrogens is 4. The van der Waals surface area contributed by atoms with Gasteiger partial charge in [0.2, 0.25) is 0 Å². The number of nitriles is 1. The van der Waals surface area contributed by atoms with Gasteiger partial charge in [-0.05, 0) is 38.7 Å². The summed E-state index contributed by atoms with van der Waals surface area (Å²) in [4.78, 5) is 21.5. The topological polar surface area (TPSA) is 152 Å². The second-order valence-corrected chi connectivity index (χ2v) is 12.3. The third kappa shape index (κ3) is 5.21. The minimum atomic E-state index is -0.806. The maximum absolute atomic E-state index is 16.9. The summed E-state index contributed by atoms with van der Waals surface area (Å²) < 4.78 is 43.7. The van der Waals surface area contributed by atoms with Crippen molar-refractivity contribution in [3.05, 3.63) is 58.5 Å². The van der Waals surface area contributed by atoms with E-state index in [9.17, 15) is 9.65 Å². The molecule has 3 atom stereocenters. The fourth-order valence-corrected chi connectivity index (χ4v) is 6.78. The van der Waals surface area contributed by atoms with Gasteiger partial charge in [0, 0.05) is 35.8 Å². The van der Waals surface area contributed by atoms with Gasteiger partial charge in [0.25, 0.3) is 0 Å². The summed E-state index contributed by atoms with van der Waals surface area (Å²) in [6.45, 7) is 2.59. The lowest BCUT2D eigenvalue weighted by Crippen LogP contribution is -2.41. The highest BCUT2D eigenvalue weighted by atomic mass is 35.5. The van der Waals surface area contributed by atoms with E-state index in [1.165, 1.54) is 30.6 Å². The molecular formula is C30H28ClF2N9O2S. The maximum Gasteiger partial charge on any atom is 0.319 e. The first-order chi connectivity index (χ1) is 21.5. The minimum Gasteiger partial charge on any atom is -0.456 e. The van der Waals surface area contributed by atoms with Crippen LogP contribution in [0, 0.1) is 23.0 Å². The zero-order valence-corrected chi connectivity index (χ0v) is 26.2. The van der Waals surface area contributed by atoms with Crippen LogP contribution in [0.15, 0.2) is 30.6 Å². The molecule has 0 spiro atoms. The van der Waals surface area contributed by atoms with E-state index >= 15 is 4.39 Å². The molecule has 0 bridgehead atoms. The van der Waals surface area contributed by atoms with E-state index in [0.29, 0.717) is 24.7 Å². The Bertz CT molecular complexity index is 2000. The molecule has 1 fully saturated rings. The first-order valence-electron chi connectivity index (χ1n) is 13.8. The standard InChI is InChI=1S/C30H28ClF2N9O2S/c1-13(24-27(35)38-8-7-37-24)42(4)29-15-9-17(31)22(14-5-6-18(32)26-21(14)16(10-34)28(36)45-26)23(33)25(15)39-30(40-29)44-20-12-43-11-19(20)41(2)3/h5-9,13,19-20H,11-12,36H2,1-4H3,(H2,35,38)/t13-,19-,20-/m1/s1. The number of rotatable bonds is 7. The van der Waals surface area contributed by atoms with Gasteiger partial charge in [0.05, 0.1) is 40.6 Å². The van der Waals surface area contributed by atoms with Gasteiger partial charge in [-0.15, -0.1) is 11.3 Å². The van der Waals surface area contributed by atoms with Gasteiger partial charge in [-0.2, -0.15) is 15.2 Å². The lowest BCUT2D eigenvalue weighted by Gasteiger charge is -2.28. The van der Waals surface area contributed by atoms with Crippen molar-refractivity contribution in [1.82, 2.24) is 24.8 Å². The smallest absolute Gasteiger partial charge is 0.319 e. The largest absolute Gasteiger partial charge is 0.456 e. The van der Waals surface area contributed by atoms with Crippen molar-refractivity contribution in [1.29, 1.82) is 5.26 Å². The van der Waals surface area contributed by atoms with Crippen molar-refractivity contribution in [2.24, 2.45) is 0 Å². The van der Waals surface area contributed by atoms with Gasteiger partial charge < -0.3 is 30.7 Å². The number of fused-ring (bicyclic) bond motifs is 2. The van der Waals surface area contributed by atoms with Gasteiger partial charge in [-0.25, -0.2) is 13.8 Å². The lowest BCUT2D eigenvalue weighted by atomic mass is 9.97. The molecule has 45 heavy (non-hydrogen) atoms. The minimum absolute atomic E-state index is 0.00276. The molecule has 0 unspecified atom stereocenters. The first-order valence-corrected chi connectivity index (χ1v) is 15.0. The molecule has 0 amide bonds. The molecule has 4 heterocycles. The van der Waals surface area contributed by atoms with Crippen LogP contribution in [0.5, 0.6) is 6.01 Å². The molecule has 15 heteroatoms. The number of nitrogens with two attached hydrogens (primary N) is 2. The number of anilines is 3. The van der Waals surface area contributed by atoms with Crippen LogP contribution >= 0.6 is 22.9 Å². The molecule has 4 N–H and O–H groups in total. The quantitative estimate of drug-likeness (QED) is 0.240. The normalized spacial score (nSPS) is 17.2.